The molecule has 0 bridgehead atoms. The van der Waals surface area contributed by atoms with E-state index in [-0.39, 0.29) is 5.92 Å². The number of rotatable bonds is 3. The maximum absolute atomic E-state index is 9.16. The van der Waals surface area contributed by atoms with Crippen molar-refractivity contribution in [2.24, 2.45) is 5.92 Å². The van der Waals surface area contributed by atoms with Gasteiger partial charge in [-0.3, -0.25) is 0 Å². The van der Waals surface area contributed by atoms with Crippen LogP contribution < -0.4 is 5.32 Å². The molecule has 0 heterocycles. The summed E-state index contributed by atoms with van der Waals surface area (Å²) in [6, 6.07) is 10.2. The molecule has 3 heteroatoms. The Kier molecular flexibility index (Phi) is 3.76. The molecule has 1 aromatic rings. The number of hydrogen-bond acceptors (Lipinski definition) is 2. The molecule has 80 valence electrons. The predicted octanol–water partition coefficient (Wildman–Crippen LogP) is 3.80. The van der Waals surface area contributed by atoms with Gasteiger partial charge in [-0.1, -0.05) is 35.8 Å². The molecule has 0 amide bonds. The second-order valence-electron chi connectivity index (χ2n) is 4.10. The molecule has 1 atom stereocenters. The lowest BCUT2D eigenvalue weighted by atomic mass is 9.90. The second-order valence-corrected chi connectivity index (χ2v) is 5.02. The van der Waals surface area contributed by atoms with Crippen molar-refractivity contribution in [3.8, 4) is 6.07 Å². The minimum Gasteiger partial charge on any atom is -0.367 e. The van der Waals surface area contributed by atoms with Gasteiger partial charge in [-0.15, -0.1) is 0 Å². The highest BCUT2D eigenvalue weighted by Gasteiger charge is 2.27. The lowest BCUT2D eigenvalue weighted by Gasteiger charge is -2.28. The van der Waals surface area contributed by atoms with Gasteiger partial charge in [0.25, 0.3) is 0 Å². The van der Waals surface area contributed by atoms with E-state index in [2.05, 4.69) is 27.3 Å². The summed E-state index contributed by atoms with van der Waals surface area (Å²) in [7, 11) is 0. The van der Waals surface area contributed by atoms with E-state index in [1.807, 2.05) is 45.0 Å². The van der Waals surface area contributed by atoms with Gasteiger partial charge in [0.1, 0.15) is 5.54 Å². The molecule has 0 aliphatic heterocycles. The molecule has 0 spiro atoms. The van der Waals surface area contributed by atoms with Gasteiger partial charge in [-0.25, -0.2) is 0 Å². The molecule has 0 aliphatic rings. The van der Waals surface area contributed by atoms with Gasteiger partial charge in [-0.05, 0) is 31.0 Å². The van der Waals surface area contributed by atoms with E-state index in [4.69, 9.17) is 5.26 Å². The first-order valence-electron chi connectivity index (χ1n) is 4.93. The first-order chi connectivity index (χ1) is 6.98. The normalized spacial score (nSPS) is 14.4. The molecule has 0 aromatic heterocycles. The highest BCUT2D eigenvalue weighted by atomic mass is 79.9. The maximum Gasteiger partial charge on any atom is 0.124 e. The average molecular weight is 267 g/mol. The quantitative estimate of drug-likeness (QED) is 0.904. The van der Waals surface area contributed by atoms with Crippen LogP contribution in [0.15, 0.2) is 28.7 Å². The first kappa shape index (κ1) is 12.1. The van der Waals surface area contributed by atoms with E-state index in [0.29, 0.717) is 0 Å². The number of anilines is 1. The third kappa shape index (κ3) is 2.97. The van der Waals surface area contributed by atoms with Crippen molar-refractivity contribution in [2.45, 2.75) is 26.3 Å². The molecule has 2 nitrogen and oxygen atoms in total. The zero-order valence-electron chi connectivity index (χ0n) is 9.21. The molecule has 1 rings (SSSR count). The first-order valence-corrected chi connectivity index (χ1v) is 5.72. The summed E-state index contributed by atoms with van der Waals surface area (Å²) >= 11 is 3.41. The zero-order valence-corrected chi connectivity index (χ0v) is 10.8. The van der Waals surface area contributed by atoms with Crippen LogP contribution in [-0.4, -0.2) is 5.54 Å². The van der Waals surface area contributed by atoms with Gasteiger partial charge in [-0.2, -0.15) is 5.26 Å². The molecule has 1 aromatic carbocycles. The Balaban J connectivity index is 2.90. The van der Waals surface area contributed by atoms with Crippen LogP contribution in [0.3, 0.4) is 0 Å². The molecule has 1 N–H and O–H groups in total. The van der Waals surface area contributed by atoms with E-state index >= 15 is 0 Å². The number of hydrogen-bond donors (Lipinski definition) is 1. The van der Waals surface area contributed by atoms with Crippen LogP contribution in [0.25, 0.3) is 0 Å². The fraction of sp³-hybridized carbons (Fsp3) is 0.417. The topological polar surface area (TPSA) is 35.8 Å². The number of benzene rings is 1. The fourth-order valence-corrected chi connectivity index (χ4v) is 1.57. The van der Waals surface area contributed by atoms with Crippen molar-refractivity contribution in [1.82, 2.24) is 0 Å². The Morgan fingerprint density at radius 3 is 2.60 bits per heavy atom. The van der Waals surface area contributed by atoms with Gasteiger partial charge in [0.15, 0.2) is 0 Å². The summed E-state index contributed by atoms with van der Waals surface area (Å²) in [6.45, 7) is 5.99. The van der Waals surface area contributed by atoms with Crippen LogP contribution in [0, 0.1) is 17.2 Å². The highest BCUT2D eigenvalue weighted by Crippen LogP contribution is 2.24. The van der Waals surface area contributed by atoms with Crippen LogP contribution >= 0.6 is 15.9 Å². The largest absolute Gasteiger partial charge is 0.367 e. The number of nitrogens with one attached hydrogen (secondary N) is 1. The Labute approximate surface area is 99.4 Å². The molecule has 1 unspecified atom stereocenters. The minimum atomic E-state index is -0.527. The van der Waals surface area contributed by atoms with Gasteiger partial charge < -0.3 is 5.32 Å². The van der Waals surface area contributed by atoms with Gasteiger partial charge in [0, 0.05) is 10.2 Å². The van der Waals surface area contributed by atoms with E-state index in [1.165, 1.54) is 0 Å². The molecule has 0 aliphatic carbocycles. The second kappa shape index (κ2) is 4.67. The lowest BCUT2D eigenvalue weighted by Crippen LogP contribution is -2.38. The minimum absolute atomic E-state index is 0.251. The summed E-state index contributed by atoms with van der Waals surface area (Å²) in [5.41, 5.74) is 0.433. The van der Waals surface area contributed by atoms with E-state index in [9.17, 15) is 0 Å². The van der Waals surface area contributed by atoms with Crippen LogP contribution in [0.2, 0.25) is 0 Å². The van der Waals surface area contributed by atoms with Crippen molar-refractivity contribution >= 4 is 21.6 Å². The molecular weight excluding hydrogens is 252 g/mol. The van der Waals surface area contributed by atoms with Crippen molar-refractivity contribution in [2.75, 3.05) is 5.32 Å². The summed E-state index contributed by atoms with van der Waals surface area (Å²) < 4.78 is 1.01. The van der Waals surface area contributed by atoms with Crippen molar-refractivity contribution in [3.05, 3.63) is 28.7 Å². The van der Waals surface area contributed by atoms with E-state index in [0.717, 1.165) is 10.2 Å². The maximum atomic E-state index is 9.16. The van der Waals surface area contributed by atoms with E-state index < -0.39 is 5.54 Å². The van der Waals surface area contributed by atoms with Crippen LogP contribution in [0.5, 0.6) is 0 Å². The zero-order chi connectivity index (χ0) is 11.5. The number of nitriles is 1. The van der Waals surface area contributed by atoms with Crippen LogP contribution in [-0.2, 0) is 0 Å². The van der Waals surface area contributed by atoms with Crippen LogP contribution in [0.1, 0.15) is 20.8 Å². The summed E-state index contributed by atoms with van der Waals surface area (Å²) in [4.78, 5) is 0. The van der Waals surface area contributed by atoms with Gasteiger partial charge in [0.05, 0.1) is 6.07 Å². The van der Waals surface area contributed by atoms with Gasteiger partial charge in [0.2, 0.25) is 0 Å². The summed E-state index contributed by atoms with van der Waals surface area (Å²) in [6.07, 6.45) is 0. The third-order valence-corrected chi connectivity index (χ3v) is 3.11. The molecule has 0 fully saturated rings. The Morgan fingerprint density at radius 2 is 2.13 bits per heavy atom. The van der Waals surface area contributed by atoms with Crippen molar-refractivity contribution < 1.29 is 0 Å². The smallest absolute Gasteiger partial charge is 0.124 e. The number of nitrogens with zero attached hydrogens (tertiary/aromatic N) is 1. The van der Waals surface area contributed by atoms with Gasteiger partial charge >= 0.3 is 0 Å². The average Bonchev–Trinajstić information content (AvgIpc) is 2.17. The lowest BCUT2D eigenvalue weighted by molar-refractivity contribution is 0.464. The SMILES string of the molecule is CC(C)C(C)(C#N)Nc1cccc(Br)c1. The summed E-state index contributed by atoms with van der Waals surface area (Å²) in [5.74, 6) is 0.251. The molecule has 0 saturated heterocycles. The van der Waals surface area contributed by atoms with Crippen LogP contribution in [0.4, 0.5) is 5.69 Å². The van der Waals surface area contributed by atoms with Crippen molar-refractivity contribution in [1.29, 1.82) is 5.26 Å². The predicted molar refractivity (Wildman–Crippen MR) is 66.6 cm³/mol. The summed E-state index contributed by atoms with van der Waals surface area (Å²) in [5, 5.41) is 12.4. The third-order valence-electron chi connectivity index (χ3n) is 2.62. The molecular formula is C12H15BrN2. The Bertz CT molecular complexity index is 381. The highest BCUT2D eigenvalue weighted by molar-refractivity contribution is 9.10. The van der Waals surface area contributed by atoms with Crippen molar-refractivity contribution in [3.63, 3.8) is 0 Å². The Hall–Kier alpha value is -1.01. The van der Waals surface area contributed by atoms with E-state index in [1.54, 1.807) is 0 Å². The molecule has 15 heavy (non-hydrogen) atoms. The number of halogens is 1. The standard InChI is InChI=1S/C12H15BrN2/c1-9(2)12(3,8-14)15-11-6-4-5-10(13)7-11/h4-7,9,15H,1-3H3. The fourth-order valence-electron chi connectivity index (χ4n) is 1.17. The molecule has 0 saturated carbocycles. The monoisotopic (exact) mass is 266 g/mol. The molecule has 0 radical (unpaired) electrons. The Morgan fingerprint density at radius 1 is 1.47 bits per heavy atom.